The van der Waals surface area contributed by atoms with E-state index >= 15 is 0 Å². The topological polar surface area (TPSA) is 37.3 Å². The number of aliphatic hydroxyl groups excluding tert-OH is 1. The van der Waals surface area contributed by atoms with Crippen molar-refractivity contribution in [2.75, 3.05) is 0 Å². The summed E-state index contributed by atoms with van der Waals surface area (Å²) in [7, 11) is 0. The lowest BCUT2D eigenvalue weighted by Crippen LogP contribution is -2.11. The van der Waals surface area contributed by atoms with E-state index in [2.05, 4.69) is 6.58 Å². The number of hydrogen-bond acceptors (Lipinski definition) is 2. The maximum atomic E-state index is 10.1. The fraction of sp³-hybridized carbons (Fsp3) is 0.400. The molecule has 0 aromatic heterocycles. The molecule has 1 N–H and O–H groups in total. The Labute approximate surface area is 42.5 Å². The van der Waals surface area contributed by atoms with Crippen molar-refractivity contribution in [3.05, 3.63) is 12.7 Å². The van der Waals surface area contributed by atoms with Crippen molar-refractivity contribution in [2.24, 2.45) is 0 Å². The zero-order chi connectivity index (χ0) is 5.86. The van der Waals surface area contributed by atoms with E-state index in [0.29, 0.717) is 0 Å². The first-order chi connectivity index (χ1) is 3.18. The van der Waals surface area contributed by atoms with Crippen LogP contribution in [0.3, 0.4) is 0 Å². The predicted molar refractivity (Wildman–Crippen MR) is 26.9 cm³/mol. The Hall–Kier alpha value is -0.630. The highest BCUT2D eigenvalue weighted by atomic mass is 16.3. The summed E-state index contributed by atoms with van der Waals surface area (Å²) < 4.78 is 0. The molecule has 0 rings (SSSR count). The molecule has 0 heterocycles. The van der Waals surface area contributed by atoms with Crippen LogP contribution in [0.1, 0.15) is 6.92 Å². The van der Waals surface area contributed by atoms with E-state index in [1.165, 1.54) is 6.92 Å². The fourth-order valence-corrected chi connectivity index (χ4v) is 0.171. The molecule has 7 heavy (non-hydrogen) atoms. The van der Waals surface area contributed by atoms with Crippen LogP contribution in [0, 0.1) is 0 Å². The van der Waals surface area contributed by atoms with Crippen molar-refractivity contribution in [2.45, 2.75) is 13.0 Å². The summed E-state index contributed by atoms with van der Waals surface area (Å²) in [4.78, 5) is 10.1. The molecule has 0 fully saturated rings. The fourth-order valence-electron chi connectivity index (χ4n) is 0.171. The van der Waals surface area contributed by atoms with Gasteiger partial charge in [-0.2, -0.15) is 0 Å². The van der Waals surface area contributed by atoms with Crippen LogP contribution < -0.4 is 0 Å². The van der Waals surface area contributed by atoms with Gasteiger partial charge >= 0.3 is 0 Å². The number of hydrogen-bond donors (Lipinski definition) is 1. The molecule has 0 saturated heterocycles. The first-order valence-corrected chi connectivity index (χ1v) is 2.03. The molecule has 0 aromatic rings. The molecular formula is C5H8O2. The van der Waals surface area contributed by atoms with E-state index in [1.807, 2.05) is 0 Å². The molecule has 0 amide bonds. The number of carbonyl (C=O) groups excluding carboxylic acids is 1. The van der Waals surface area contributed by atoms with Gasteiger partial charge in [0.15, 0.2) is 5.78 Å². The van der Waals surface area contributed by atoms with Gasteiger partial charge in [0.2, 0.25) is 0 Å². The van der Waals surface area contributed by atoms with Gasteiger partial charge in [-0.1, -0.05) is 6.58 Å². The highest BCUT2D eigenvalue weighted by molar-refractivity contribution is 5.92. The molecular weight excluding hydrogens is 92.1 g/mol. The summed E-state index contributed by atoms with van der Waals surface area (Å²) in [6.45, 7) is 4.58. The van der Waals surface area contributed by atoms with E-state index in [4.69, 9.17) is 5.11 Å². The van der Waals surface area contributed by atoms with Gasteiger partial charge in [0, 0.05) is 0 Å². The first kappa shape index (κ1) is 6.37. The number of ketones is 1. The second-order valence-electron chi connectivity index (χ2n) is 1.28. The minimum atomic E-state index is -0.891. The lowest BCUT2D eigenvalue weighted by atomic mass is 10.3. The van der Waals surface area contributed by atoms with Gasteiger partial charge in [-0.15, -0.1) is 0 Å². The van der Waals surface area contributed by atoms with Gasteiger partial charge in [0.25, 0.3) is 0 Å². The Morgan fingerprint density at radius 3 is 2.43 bits per heavy atom. The summed E-state index contributed by atoms with van der Waals surface area (Å²) in [6, 6.07) is 0. The zero-order valence-corrected chi connectivity index (χ0v) is 4.22. The van der Waals surface area contributed by atoms with Crippen LogP contribution in [0.5, 0.6) is 0 Å². The number of carbonyl (C=O) groups is 1. The van der Waals surface area contributed by atoms with E-state index in [-0.39, 0.29) is 5.78 Å². The third-order valence-corrected chi connectivity index (χ3v) is 0.613. The van der Waals surface area contributed by atoms with Gasteiger partial charge in [0.1, 0.15) is 6.10 Å². The maximum absolute atomic E-state index is 10.1. The molecule has 0 bridgehead atoms. The normalized spacial score (nSPS) is 12.9. The Balaban J connectivity index is 3.56. The van der Waals surface area contributed by atoms with Gasteiger partial charge in [-0.05, 0) is 13.0 Å². The van der Waals surface area contributed by atoms with Crippen LogP contribution in [0.15, 0.2) is 12.7 Å². The predicted octanol–water partition coefficient (Wildman–Crippen LogP) is 0.122. The Morgan fingerprint density at radius 2 is 2.43 bits per heavy atom. The van der Waals surface area contributed by atoms with Gasteiger partial charge in [-0.25, -0.2) is 0 Å². The average molecular weight is 100 g/mol. The van der Waals surface area contributed by atoms with Gasteiger partial charge < -0.3 is 5.11 Å². The molecule has 0 saturated carbocycles. The Bertz CT molecular complexity index is 84.1. The molecule has 0 aromatic carbocycles. The minimum absolute atomic E-state index is 0.333. The van der Waals surface area contributed by atoms with E-state index in [1.54, 1.807) is 0 Å². The van der Waals surface area contributed by atoms with Gasteiger partial charge in [0.05, 0.1) is 0 Å². The van der Waals surface area contributed by atoms with Crippen molar-refractivity contribution in [1.82, 2.24) is 0 Å². The highest BCUT2D eigenvalue weighted by Crippen LogP contribution is 1.81. The molecule has 0 aliphatic heterocycles. The SMILES string of the molecule is C=CC(=O)[C@H](C)O. The lowest BCUT2D eigenvalue weighted by Gasteiger charge is -1.92. The molecule has 40 valence electrons. The summed E-state index contributed by atoms with van der Waals surface area (Å²) in [5, 5.41) is 8.40. The lowest BCUT2D eigenvalue weighted by molar-refractivity contribution is -0.121. The van der Waals surface area contributed by atoms with Crippen LogP contribution >= 0.6 is 0 Å². The molecule has 2 nitrogen and oxygen atoms in total. The monoisotopic (exact) mass is 100 g/mol. The largest absolute Gasteiger partial charge is 0.385 e. The van der Waals surface area contributed by atoms with Crippen LogP contribution in [0.4, 0.5) is 0 Å². The van der Waals surface area contributed by atoms with Crippen LogP contribution in [-0.2, 0) is 4.79 Å². The van der Waals surface area contributed by atoms with Crippen molar-refractivity contribution < 1.29 is 9.90 Å². The second kappa shape index (κ2) is 2.53. The number of aliphatic hydroxyl groups is 1. The Morgan fingerprint density at radius 1 is 2.00 bits per heavy atom. The smallest absolute Gasteiger partial charge is 0.183 e. The third kappa shape index (κ3) is 2.11. The van der Waals surface area contributed by atoms with Crippen molar-refractivity contribution >= 4 is 5.78 Å². The van der Waals surface area contributed by atoms with Crippen LogP contribution in [0.2, 0.25) is 0 Å². The molecule has 0 spiro atoms. The molecule has 0 radical (unpaired) electrons. The van der Waals surface area contributed by atoms with Crippen molar-refractivity contribution in [1.29, 1.82) is 0 Å². The molecule has 0 unspecified atom stereocenters. The van der Waals surface area contributed by atoms with Crippen molar-refractivity contribution in [3.8, 4) is 0 Å². The molecule has 2 heteroatoms. The number of rotatable bonds is 2. The van der Waals surface area contributed by atoms with E-state index in [0.717, 1.165) is 6.08 Å². The van der Waals surface area contributed by atoms with E-state index < -0.39 is 6.10 Å². The molecule has 0 aliphatic carbocycles. The maximum Gasteiger partial charge on any atom is 0.183 e. The third-order valence-electron chi connectivity index (χ3n) is 0.613. The quantitative estimate of drug-likeness (QED) is 0.500. The Kier molecular flexibility index (Phi) is 2.30. The average Bonchev–Trinajstić information content (AvgIpc) is 1.65. The summed E-state index contributed by atoms with van der Waals surface area (Å²) in [6.07, 6.45) is 0.211. The van der Waals surface area contributed by atoms with Crippen molar-refractivity contribution in [3.63, 3.8) is 0 Å². The van der Waals surface area contributed by atoms with Crippen LogP contribution in [0.25, 0.3) is 0 Å². The highest BCUT2D eigenvalue weighted by Gasteiger charge is 2.00. The minimum Gasteiger partial charge on any atom is -0.385 e. The second-order valence-corrected chi connectivity index (χ2v) is 1.28. The summed E-state index contributed by atoms with van der Waals surface area (Å²) in [5.74, 6) is -0.333. The standard InChI is InChI=1S/C5H8O2/c1-3-5(7)4(2)6/h3-4,6H,1H2,2H3/t4-/m0/s1. The summed E-state index contributed by atoms with van der Waals surface area (Å²) >= 11 is 0. The summed E-state index contributed by atoms with van der Waals surface area (Å²) in [5.41, 5.74) is 0. The molecule has 0 aliphatic rings. The van der Waals surface area contributed by atoms with Crippen LogP contribution in [-0.4, -0.2) is 17.0 Å². The zero-order valence-electron chi connectivity index (χ0n) is 4.22. The molecule has 1 atom stereocenters. The van der Waals surface area contributed by atoms with Gasteiger partial charge in [-0.3, -0.25) is 4.79 Å². The van der Waals surface area contributed by atoms with E-state index in [9.17, 15) is 4.79 Å². The first-order valence-electron chi connectivity index (χ1n) is 2.03.